The van der Waals surface area contributed by atoms with Crippen LogP contribution in [0.25, 0.3) is 0 Å². The van der Waals surface area contributed by atoms with Crippen molar-refractivity contribution in [2.45, 2.75) is 0 Å². The van der Waals surface area contributed by atoms with Crippen molar-refractivity contribution in [3.8, 4) is 0 Å². The second kappa shape index (κ2) is 6.67. The predicted octanol–water partition coefficient (Wildman–Crippen LogP) is 1.64. The number of hydrogen-bond acceptors (Lipinski definition) is 5. The van der Waals surface area contributed by atoms with E-state index in [1.807, 2.05) is 0 Å². The Kier molecular flexibility index (Phi) is 4.68. The van der Waals surface area contributed by atoms with Crippen LogP contribution in [0.15, 0.2) is 41.1 Å². The zero-order chi connectivity index (χ0) is 15.2. The number of primary amides is 1. The maximum Gasteiger partial charge on any atom is 0.340 e. The van der Waals surface area contributed by atoms with Crippen molar-refractivity contribution in [1.82, 2.24) is 0 Å². The first-order valence-electron chi connectivity index (χ1n) is 5.96. The van der Waals surface area contributed by atoms with Gasteiger partial charge in [0.2, 0.25) is 0 Å². The molecule has 0 spiro atoms. The third-order valence-corrected chi connectivity index (χ3v) is 3.21. The number of benzene rings is 1. The van der Waals surface area contributed by atoms with Crippen LogP contribution in [0.1, 0.15) is 20.7 Å². The number of anilines is 1. The first-order chi connectivity index (χ1) is 10.1. The second-order valence-corrected chi connectivity index (χ2v) is 4.83. The van der Waals surface area contributed by atoms with Gasteiger partial charge in [0.1, 0.15) is 0 Å². The molecule has 2 amide bonds. The minimum atomic E-state index is -0.747. The van der Waals surface area contributed by atoms with Crippen LogP contribution in [0.4, 0.5) is 5.69 Å². The molecule has 3 N–H and O–H groups in total. The fourth-order valence-corrected chi connectivity index (χ4v) is 2.21. The summed E-state index contributed by atoms with van der Waals surface area (Å²) in [6.45, 7) is -0.508. The molecule has 1 aromatic heterocycles. The second-order valence-electron chi connectivity index (χ2n) is 4.05. The summed E-state index contributed by atoms with van der Waals surface area (Å²) >= 11 is 1.40. The van der Waals surface area contributed by atoms with E-state index in [1.165, 1.54) is 17.4 Å². The monoisotopic (exact) mass is 304 g/mol. The van der Waals surface area contributed by atoms with Gasteiger partial charge in [0.15, 0.2) is 6.61 Å². The maximum atomic E-state index is 12.0. The quantitative estimate of drug-likeness (QED) is 0.820. The number of para-hydroxylation sites is 1. The Labute approximate surface area is 124 Å². The van der Waals surface area contributed by atoms with Crippen LogP contribution in [-0.4, -0.2) is 24.4 Å². The van der Waals surface area contributed by atoms with Crippen molar-refractivity contribution in [3.63, 3.8) is 0 Å². The lowest BCUT2D eigenvalue weighted by atomic mass is 10.1. The van der Waals surface area contributed by atoms with Gasteiger partial charge >= 0.3 is 5.97 Å². The fraction of sp³-hybridized carbons (Fsp3) is 0.0714. The highest BCUT2D eigenvalue weighted by atomic mass is 32.1. The number of carbonyl (C=O) groups excluding carboxylic acids is 3. The molecule has 2 rings (SSSR count). The van der Waals surface area contributed by atoms with Crippen LogP contribution in [0.2, 0.25) is 0 Å². The van der Waals surface area contributed by atoms with Gasteiger partial charge in [-0.1, -0.05) is 12.1 Å². The summed E-state index contributed by atoms with van der Waals surface area (Å²) in [7, 11) is 0. The SMILES string of the molecule is NC(=O)COC(=O)c1ccccc1NC(=O)c1ccsc1. The molecule has 21 heavy (non-hydrogen) atoms. The van der Waals surface area contributed by atoms with E-state index in [4.69, 9.17) is 10.5 Å². The number of ether oxygens (including phenoxy) is 1. The summed E-state index contributed by atoms with van der Waals surface area (Å²) in [4.78, 5) is 34.5. The van der Waals surface area contributed by atoms with Crippen LogP contribution in [-0.2, 0) is 9.53 Å². The highest BCUT2D eigenvalue weighted by Crippen LogP contribution is 2.18. The van der Waals surface area contributed by atoms with E-state index in [9.17, 15) is 14.4 Å². The zero-order valence-corrected chi connectivity index (χ0v) is 11.7. The number of carbonyl (C=O) groups is 3. The van der Waals surface area contributed by atoms with Gasteiger partial charge in [0, 0.05) is 5.38 Å². The van der Waals surface area contributed by atoms with Crippen LogP contribution >= 0.6 is 11.3 Å². The van der Waals surface area contributed by atoms with Gasteiger partial charge in [-0.3, -0.25) is 9.59 Å². The van der Waals surface area contributed by atoms with Crippen LogP contribution in [0, 0.1) is 0 Å². The highest BCUT2D eigenvalue weighted by Gasteiger charge is 2.15. The molecule has 0 aliphatic rings. The Morgan fingerprint density at radius 2 is 1.95 bits per heavy atom. The molecule has 108 valence electrons. The van der Waals surface area contributed by atoms with E-state index in [-0.39, 0.29) is 11.5 Å². The van der Waals surface area contributed by atoms with Crippen molar-refractivity contribution in [1.29, 1.82) is 0 Å². The van der Waals surface area contributed by atoms with Crippen LogP contribution < -0.4 is 11.1 Å². The minimum Gasteiger partial charge on any atom is -0.452 e. The van der Waals surface area contributed by atoms with Crippen molar-refractivity contribution in [3.05, 3.63) is 52.2 Å². The van der Waals surface area contributed by atoms with Gasteiger partial charge in [0.25, 0.3) is 11.8 Å². The fourth-order valence-electron chi connectivity index (χ4n) is 1.57. The minimum absolute atomic E-state index is 0.155. The Hall–Kier alpha value is -2.67. The smallest absolute Gasteiger partial charge is 0.340 e. The molecule has 7 heteroatoms. The van der Waals surface area contributed by atoms with Crippen molar-refractivity contribution in [2.24, 2.45) is 5.73 Å². The predicted molar refractivity (Wildman–Crippen MR) is 78.2 cm³/mol. The lowest BCUT2D eigenvalue weighted by Gasteiger charge is -2.09. The average Bonchev–Trinajstić information content (AvgIpc) is 2.99. The van der Waals surface area contributed by atoms with E-state index in [2.05, 4.69) is 5.32 Å². The van der Waals surface area contributed by atoms with Crippen LogP contribution in [0.3, 0.4) is 0 Å². The summed E-state index contributed by atoms with van der Waals surface area (Å²) in [5.41, 5.74) is 5.88. The summed E-state index contributed by atoms with van der Waals surface area (Å²) in [6.07, 6.45) is 0. The van der Waals surface area contributed by atoms with E-state index < -0.39 is 18.5 Å². The standard InChI is InChI=1S/C14H12N2O4S/c15-12(17)7-20-14(19)10-3-1-2-4-11(10)16-13(18)9-5-6-21-8-9/h1-6,8H,7H2,(H2,15,17)(H,16,18). The summed E-state index contributed by atoms with van der Waals surface area (Å²) in [6, 6.07) is 8.04. The van der Waals surface area contributed by atoms with Gasteiger partial charge < -0.3 is 15.8 Å². The molecule has 0 aliphatic carbocycles. The molecule has 0 radical (unpaired) electrons. The van der Waals surface area contributed by atoms with Gasteiger partial charge in [-0.15, -0.1) is 0 Å². The maximum absolute atomic E-state index is 12.0. The Morgan fingerprint density at radius 1 is 1.19 bits per heavy atom. The molecule has 1 heterocycles. The third-order valence-electron chi connectivity index (χ3n) is 2.52. The summed E-state index contributed by atoms with van der Waals surface area (Å²) in [5, 5.41) is 6.11. The molecule has 0 fully saturated rings. The molecule has 0 bridgehead atoms. The van der Waals surface area contributed by atoms with Crippen LogP contribution in [0.5, 0.6) is 0 Å². The lowest BCUT2D eigenvalue weighted by molar-refractivity contribution is -0.121. The van der Waals surface area contributed by atoms with E-state index in [1.54, 1.807) is 35.0 Å². The number of rotatable bonds is 5. The van der Waals surface area contributed by atoms with Gasteiger partial charge in [-0.05, 0) is 23.6 Å². The first kappa shape index (κ1) is 14.7. The molecule has 0 unspecified atom stereocenters. The number of thiophene rings is 1. The van der Waals surface area contributed by atoms with Gasteiger partial charge in [-0.25, -0.2) is 4.79 Å². The lowest BCUT2D eigenvalue weighted by Crippen LogP contribution is -2.22. The highest BCUT2D eigenvalue weighted by molar-refractivity contribution is 7.08. The molecule has 6 nitrogen and oxygen atoms in total. The molecule has 0 atom stereocenters. The number of esters is 1. The summed E-state index contributed by atoms with van der Waals surface area (Å²) in [5.74, 6) is -1.80. The summed E-state index contributed by atoms with van der Waals surface area (Å²) < 4.78 is 4.74. The van der Waals surface area contributed by atoms with Gasteiger partial charge in [-0.2, -0.15) is 11.3 Å². The largest absolute Gasteiger partial charge is 0.452 e. The number of nitrogens with two attached hydrogens (primary N) is 1. The number of hydrogen-bond donors (Lipinski definition) is 2. The van der Waals surface area contributed by atoms with Gasteiger partial charge in [0.05, 0.1) is 16.8 Å². The molecular formula is C14H12N2O4S. The first-order valence-corrected chi connectivity index (χ1v) is 6.90. The molecule has 2 aromatic rings. The van der Waals surface area contributed by atoms with Crippen molar-refractivity contribution < 1.29 is 19.1 Å². The Morgan fingerprint density at radius 3 is 2.62 bits per heavy atom. The third kappa shape index (κ3) is 3.90. The number of nitrogens with one attached hydrogen (secondary N) is 1. The molecule has 0 saturated heterocycles. The van der Waals surface area contributed by atoms with E-state index >= 15 is 0 Å². The Balaban J connectivity index is 2.15. The van der Waals surface area contributed by atoms with E-state index in [0.29, 0.717) is 11.3 Å². The topological polar surface area (TPSA) is 98.5 Å². The zero-order valence-electron chi connectivity index (χ0n) is 10.9. The molecule has 0 saturated carbocycles. The normalized spacial score (nSPS) is 9.90. The Bertz CT molecular complexity index is 667. The number of amides is 2. The van der Waals surface area contributed by atoms with E-state index in [0.717, 1.165) is 0 Å². The molecular weight excluding hydrogens is 292 g/mol. The van der Waals surface area contributed by atoms with Crippen molar-refractivity contribution >= 4 is 34.8 Å². The van der Waals surface area contributed by atoms with Crippen molar-refractivity contribution in [2.75, 3.05) is 11.9 Å². The molecule has 1 aromatic carbocycles. The molecule has 0 aliphatic heterocycles. The average molecular weight is 304 g/mol.